The number of thiophene rings is 1. The van der Waals surface area contributed by atoms with Crippen molar-refractivity contribution in [2.24, 2.45) is 0 Å². The SMILES string of the molecule is CC(C)(C)OC(=O)n1cc(-c2cncc(-c3ccsc3)c2)c2ccccc21. The molecule has 0 aliphatic heterocycles. The Bertz CT molecular complexity index is 1110. The Morgan fingerprint density at radius 1 is 1.07 bits per heavy atom. The number of nitrogens with zero attached hydrogens (tertiary/aromatic N) is 2. The molecule has 3 heterocycles. The van der Waals surface area contributed by atoms with Gasteiger partial charge < -0.3 is 4.74 Å². The minimum atomic E-state index is -0.553. The van der Waals surface area contributed by atoms with E-state index in [1.165, 1.54) is 0 Å². The number of pyridine rings is 1. The molecule has 27 heavy (non-hydrogen) atoms. The average Bonchev–Trinajstić information content (AvgIpc) is 3.29. The highest BCUT2D eigenvalue weighted by atomic mass is 32.1. The van der Waals surface area contributed by atoms with Gasteiger partial charge in [-0.2, -0.15) is 11.3 Å². The normalized spacial score (nSPS) is 11.7. The molecule has 0 radical (unpaired) electrons. The Hall–Kier alpha value is -2.92. The number of hydrogen-bond donors (Lipinski definition) is 0. The highest BCUT2D eigenvalue weighted by Crippen LogP contribution is 2.33. The molecule has 0 saturated heterocycles. The van der Waals surface area contributed by atoms with Crippen LogP contribution < -0.4 is 0 Å². The molecule has 1 aromatic carbocycles. The van der Waals surface area contributed by atoms with Gasteiger partial charge in [0.1, 0.15) is 5.60 Å². The van der Waals surface area contributed by atoms with Crippen LogP contribution in [-0.2, 0) is 4.74 Å². The number of rotatable bonds is 2. The van der Waals surface area contributed by atoms with Crippen LogP contribution in [0.4, 0.5) is 4.79 Å². The Morgan fingerprint density at radius 2 is 1.85 bits per heavy atom. The van der Waals surface area contributed by atoms with E-state index in [1.54, 1.807) is 15.9 Å². The third kappa shape index (κ3) is 3.51. The van der Waals surface area contributed by atoms with E-state index >= 15 is 0 Å². The first-order valence-electron chi connectivity index (χ1n) is 8.74. The summed E-state index contributed by atoms with van der Waals surface area (Å²) >= 11 is 1.66. The van der Waals surface area contributed by atoms with Crippen molar-refractivity contribution in [3.8, 4) is 22.3 Å². The summed E-state index contributed by atoms with van der Waals surface area (Å²) in [6.07, 6.45) is 5.15. The molecule has 4 rings (SSSR count). The number of hydrogen-bond acceptors (Lipinski definition) is 4. The maximum Gasteiger partial charge on any atom is 0.419 e. The second kappa shape index (κ2) is 6.67. The van der Waals surface area contributed by atoms with Crippen LogP contribution in [0.25, 0.3) is 33.2 Å². The van der Waals surface area contributed by atoms with E-state index in [-0.39, 0.29) is 6.09 Å². The summed E-state index contributed by atoms with van der Waals surface area (Å²) in [6, 6.07) is 12.0. The summed E-state index contributed by atoms with van der Waals surface area (Å²) < 4.78 is 7.15. The largest absolute Gasteiger partial charge is 0.443 e. The fraction of sp³-hybridized carbons (Fsp3) is 0.182. The first kappa shape index (κ1) is 17.5. The summed E-state index contributed by atoms with van der Waals surface area (Å²) in [6.45, 7) is 5.60. The highest BCUT2D eigenvalue weighted by molar-refractivity contribution is 7.08. The van der Waals surface area contributed by atoms with Crippen molar-refractivity contribution >= 4 is 28.3 Å². The molecule has 4 nitrogen and oxygen atoms in total. The number of benzene rings is 1. The van der Waals surface area contributed by atoms with Gasteiger partial charge in [-0.25, -0.2) is 4.79 Å². The quantitative estimate of drug-likeness (QED) is 0.417. The van der Waals surface area contributed by atoms with Crippen molar-refractivity contribution in [1.82, 2.24) is 9.55 Å². The van der Waals surface area contributed by atoms with E-state index in [1.807, 2.05) is 63.6 Å². The Balaban J connectivity index is 1.84. The molecule has 4 aromatic rings. The van der Waals surface area contributed by atoms with Gasteiger partial charge >= 0.3 is 6.09 Å². The zero-order valence-corrected chi connectivity index (χ0v) is 16.3. The fourth-order valence-corrected chi connectivity index (χ4v) is 3.71. The lowest BCUT2D eigenvalue weighted by Crippen LogP contribution is -2.26. The monoisotopic (exact) mass is 376 g/mol. The van der Waals surface area contributed by atoms with Crippen molar-refractivity contribution in [3.63, 3.8) is 0 Å². The molecule has 0 aliphatic carbocycles. The lowest BCUT2D eigenvalue weighted by molar-refractivity contribution is 0.0544. The van der Waals surface area contributed by atoms with Gasteiger partial charge in [-0.05, 0) is 55.3 Å². The van der Waals surface area contributed by atoms with Gasteiger partial charge in [-0.1, -0.05) is 18.2 Å². The first-order valence-corrected chi connectivity index (χ1v) is 9.68. The van der Waals surface area contributed by atoms with Crippen LogP contribution in [0.15, 0.2) is 65.7 Å². The van der Waals surface area contributed by atoms with Crippen molar-refractivity contribution in [2.45, 2.75) is 26.4 Å². The molecule has 0 N–H and O–H groups in total. The third-order valence-electron chi connectivity index (χ3n) is 4.21. The Kier molecular flexibility index (Phi) is 4.32. The predicted molar refractivity (Wildman–Crippen MR) is 110 cm³/mol. The topological polar surface area (TPSA) is 44.1 Å². The second-order valence-electron chi connectivity index (χ2n) is 7.38. The Morgan fingerprint density at radius 3 is 2.59 bits per heavy atom. The molecule has 0 aliphatic rings. The number of fused-ring (bicyclic) bond motifs is 1. The third-order valence-corrected chi connectivity index (χ3v) is 4.89. The zero-order valence-electron chi connectivity index (χ0n) is 15.5. The van der Waals surface area contributed by atoms with E-state index < -0.39 is 5.60 Å². The van der Waals surface area contributed by atoms with Crippen molar-refractivity contribution in [3.05, 3.63) is 65.7 Å². The van der Waals surface area contributed by atoms with Crippen LogP contribution in [0.1, 0.15) is 20.8 Å². The molecule has 5 heteroatoms. The van der Waals surface area contributed by atoms with Gasteiger partial charge in [0.25, 0.3) is 0 Å². The van der Waals surface area contributed by atoms with Gasteiger partial charge in [0, 0.05) is 40.7 Å². The molecule has 0 spiro atoms. The minimum absolute atomic E-state index is 0.383. The molecule has 0 fully saturated rings. The number of para-hydroxylation sites is 1. The molecular formula is C22H20N2O2S. The van der Waals surface area contributed by atoms with Crippen LogP contribution in [0.2, 0.25) is 0 Å². The van der Waals surface area contributed by atoms with E-state index in [9.17, 15) is 4.79 Å². The molecule has 0 atom stereocenters. The van der Waals surface area contributed by atoms with Gasteiger partial charge in [-0.15, -0.1) is 0 Å². The Labute approximate surface area is 162 Å². The molecule has 0 amide bonds. The molecule has 0 unspecified atom stereocenters. The summed E-state index contributed by atoms with van der Waals surface area (Å²) in [4.78, 5) is 17.1. The first-order chi connectivity index (χ1) is 12.9. The smallest absolute Gasteiger partial charge is 0.419 e. The van der Waals surface area contributed by atoms with Gasteiger partial charge in [0.2, 0.25) is 0 Å². The second-order valence-corrected chi connectivity index (χ2v) is 8.16. The summed E-state index contributed by atoms with van der Waals surface area (Å²) in [7, 11) is 0. The standard InChI is InChI=1S/C22H20N2O2S/c1-22(2,3)26-21(25)24-13-19(18-6-4-5-7-20(18)24)17-10-16(11-23-12-17)15-8-9-27-14-15/h4-14H,1-3H3. The van der Waals surface area contributed by atoms with Gasteiger partial charge in [-0.3, -0.25) is 9.55 Å². The number of aromatic nitrogens is 2. The fourth-order valence-electron chi connectivity index (χ4n) is 3.05. The summed E-state index contributed by atoms with van der Waals surface area (Å²) in [5.41, 5.74) is 4.40. The molecule has 136 valence electrons. The van der Waals surface area contributed by atoms with Gasteiger partial charge in [0.15, 0.2) is 0 Å². The highest BCUT2D eigenvalue weighted by Gasteiger charge is 2.21. The minimum Gasteiger partial charge on any atom is -0.443 e. The van der Waals surface area contributed by atoms with E-state index in [0.29, 0.717) is 0 Å². The lowest BCUT2D eigenvalue weighted by Gasteiger charge is -2.19. The van der Waals surface area contributed by atoms with E-state index in [4.69, 9.17) is 4.74 Å². The number of carbonyl (C=O) groups is 1. The molecule has 0 saturated carbocycles. The molecule has 0 bridgehead atoms. The summed E-state index contributed by atoms with van der Waals surface area (Å²) in [5, 5.41) is 5.15. The van der Waals surface area contributed by atoms with Crippen LogP contribution in [0.5, 0.6) is 0 Å². The maximum absolute atomic E-state index is 12.7. The summed E-state index contributed by atoms with van der Waals surface area (Å²) in [5.74, 6) is 0. The predicted octanol–water partition coefficient (Wildman–Crippen LogP) is 6.22. The van der Waals surface area contributed by atoms with Gasteiger partial charge in [0.05, 0.1) is 5.52 Å². The van der Waals surface area contributed by atoms with E-state index in [0.717, 1.165) is 33.2 Å². The van der Waals surface area contributed by atoms with Crippen LogP contribution in [0, 0.1) is 0 Å². The van der Waals surface area contributed by atoms with Crippen molar-refractivity contribution in [2.75, 3.05) is 0 Å². The lowest BCUT2D eigenvalue weighted by atomic mass is 10.0. The zero-order chi connectivity index (χ0) is 19.0. The van der Waals surface area contributed by atoms with Crippen LogP contribution in [0.3, 0.4) is 0 Å². The number of carbonyl (C=O) groups excluding carboxylic acids is 1. The van der Waals surface area contributed by atoms with Crippen LogP contribution >= 0.6 is 11.3 Å². The molecule has 3 aromatic heterocycles. The van der Waals surface area contributed by atoms with Crippen molar-refractivity contribution < 1.29 is 9.53 Å². The maximum atomic E-state index is 12.7. The van der Waals surface area contributed by atoms with Crippen LogP contribution in [-0.4, -0.2) is 21.2 Å². The number of ether oxygens (including phenoxy) is 1. The van der Waals surface area contributed by atoms with E-state index in [2.05, 4.69) is 27.9 Å². The molecular weight excluding hydrogens is 356 g/mol. The van der Waals surface area contributed by atoms with Crippen molar-refractivity contribution in [1.29, 1.82) is 0 Å². The average molecular weight is 376 g/mol.